The number of benzene rings is 3. The number of para-hydroxylation sites is 1. The summed E-state index contributed by atoms with van der Waals surface area (Å²) < 4.78 is 11.3. The predicted octanol–water partition coefficient (Wildman–Crippen LogP) is 4.56. The summed E-state index contributed by atoms with van der Waals surface area (Å²) in [6.45, 7) is 1.31. The number of anilines is 2. The highest BCUT2D eigenvalue weighted by atomic mass is 16.5. The van der Waals surface area contributed by atoms with Gasteiger partial charge in [-0.3, -0.25) is 9.59 Å². The van der Waals surface area contributed by atoms with Crippen LogP contribution in [0.15, 0.2) is 71.1 Å². The van der Waals surface area contributed by atoms with Crippen molar-refractivity contribution in [2.75, 3.05) is 17.2 Å². The Morgan fingerprint density at radius 1 is 0.857 bits per heavy atom. The van der Waals surface area contributed by atoms with Crippen molar-refractivity contribution in [2.24, 2.45) is 0 Å². The third-order valence-corrected chi connectivity index (χ3v) is 4.21. The van der Waals surface area contributed by atoms with Crippen molar-refractivity contribution in [2.45, 2.75) is 6.92 Å². The van der Waals surface area contributed by atoms with Crippen molar-refractivity contribution in [3.8, 4) is 5.75 Å². The van der Waals surface area contributed by atoms with Gasteiger partial charge in [-0.15, -0.1) is 0 Å². The maximum absolute atomic E-state index is 12.2. The zero-order valence-electron chi connectivity index (χ0n) is 15.2. The Hall–Kier alpha value is -3.80. The molecule has 0 spiro atoms. The van der Waals surface area contributed by atoms with Crippen molar-refractivity contribution in [1.29, 1.82) is 0 Å². The van der Waals surface area contributed by atoms with Gasteiger partial charge < -0.3 is 19.8 Å². The van der Waals surface area contributed by atoms with Crippen LogP contribution < -0.4 is 15.4 Å². The third kappa shape index (κ3) is 3.81. The summed E-state index contributed by atoms with van der Waals surface area (Å²) in [7, 11) is 0. The molecule has 0 aliphatic heterocycles. The van der Waals surface area contributed by atoms with Gasteiger partial charge in [0.2, 0.25) is 5.91 Å². The van der Waals surface area contributed by atoms with Gasteiger partial charge >= 0.3 is 0 Å². The van der Waals surface area contributed by atoms with E-state index in [2.05, 4.69) is 10.6 Å². The van der Waals surface area contributed by atoms with Gasteiger partial charge in [-0.1, -0.05) is 18.2 Å². The fourth-order valence-electron chi connectivity index (χ4n) is 2.99. The number of carbonyl (C=O) groups excluding carboxylic acids is 2. The molecule has 0 saturated heterocycles. The Labute approximate surface area is 161 Å². The van der Waals surface area contributed by atoms with Crippen LogP contribution in [0.5, 0.6) is 5.75 Å². The number of amides is 2. The number of rotatable bonds is 5. The molecule has 0 aliphatic carbocycles. The molecular weight excluding hydrogens is 356 g/mol. The van der Waals surface area contributed by atoms with E-state index < -0.39 is 0 Å². The van der Waals surface area contributed by atoms with Crippen molar-refractivity contribution in [1.82, 2.24) is 0 Å². The minimum atomic E-state index is -0.276. The van der Waals surface area contributed by atoms with Crippen LogP contribution >= 0.6 is 0 Å². The molecule has 1 aromatic heterocycles. The SMILES string of the molecule is CC(=O)Nc1ccc(OCC(=O)Nc2ccc3c(c2)oc2ccccc23)cc1. The van der Waals surface area contributed by atoms with Gasteiger partial charge in [0.15, 0.2) is 6.61 Å². The first kappa shape index (κ1) is 17.6. The standard InChI is InChI=1S/C22H18N2O4/c1-14(25)23-15-6-9-17(10-7-15)27-13-22(26)24-16-8-11-19-18-4-2-3-5-20(18)28-21(19)12-16/h2-12H,13H2,1H3,(H,23,25)(H,24,26). The number of hydrogen-bond donors (Lipinski definition) is 2. The van der Waals surface area contributed by atoms with Gasteiger partial charge in [-0.05, 0) is 42.5 Å². The first-order chi connectivity index (χ1) is 13.6. The maximum Gasteiger partial charge on any atom is 0.262 e. The third-order valence-electron chi connectivity index (χ3n) is 4.21. The van der Waals surface area contributed by atoms with Crippen LogP contribution in [0.3, 0.4) is 0 Å². The molecule has 0 bridgehead atoms. The molecular formula is C22H18N2O4. The molecule has 0 fully saturated rings. The molecule has 0 aliphatic rings. The summed E-state index contributed by atoms with van der Waals surface area (Å²) in [4.78, 5) is 23.2. The lowest BCUT2D eigenvalue weighted by molar-refractivity contribution is -0.118. The average molecular weight is 374 g/mol. The number of ether oxygens (including phenoxy) is 1. The Kier molecular flexibility index (Phi) is 4.68. The van der Waals surface area contributed by atoms with Gasteiger partial charge in [0.25, 0.3) is 5.91 Å². The lowest BCUT2D eigenvalue weighted by Crippen LogP contribution is -2.20. The molecule has 0 atom stereocenters. The number of furan rings is 1. The molecule has 140 valence electrons. The highest BCUT2D eigenvalue weighted by Crippen LogP contribution is 2.30. The van der Waals surface area contributed by atoms with Crippen LogP contribution in [0.25, 0.3) is 21.9 Å². The van der Waals surface area contributed by atoms with E-state index in [1.54, 1.807) is 30.3 Å². The Bertz CT molecular complexity index is 1160. The normalized spacial score (nSPS) is 10.8. The van der Waals surface area contributed by atoms with E-state index in [4.69, 9.17) is 9.15 Å². The lowest BCUT2D eigenvalue weighted by atomic mass is 10.1. The number of fused-ring (bicyclic) bond motifs is 3. The van der Waals surface area contributed by atoms with E-state index in [1.165, 1.54) is 6.92 Å². The lowest BCUT2D eigenvalue weighted by Gasteiger charge is -2.08. The Balaban J connectivity index is 1.39. The van der Waals surface area contributed by atoms with Crippen LogP contribution in [-0.4, -0.2) is 18.4 Å². The van der Waals surface area contributed by atoms with Gasteiger partial charge in [-0.2, -0.15) is 0 Å². The number of carbonyl (C=O) groups is 2. The van der Waals surface area contributed by atoms with E-state index in [-0.39, 0.29) is 18.4 Å². The minimum Gasteiger partial charge on any atom is -0.484 e. The van der Waals surface area contributed by atoms with E-state index >= 15 is 0 Å². The van der Waals surface area contributed by atoms with Gasteiger partial charge in [0, 0.05) is 35.1 Å². The molecule has 1 heterocycles. The van der Waals surface area contributed by atoms with Crippen molar-refractivity contribution >= 4 is 45.1 Å². The highest BCUT2D eigenvalue weighted by Gasteiger charge is 2.09. The van der Waals surface area contributed by atoms with E-state index in [9.17, 15) is 9.59 Å². The molecule has 0 saturated carbocycles. The summed E-state index contributed by atoms with van der Waals surface area (Å²) in [5, 5.41) is 7.52. The predicted molar refractivity (Wildman–Crippen MR) is 109 cm³/mol. The largest absolute Gasteiger partial charge is 0.484 e. The van der Waals surface area contributed by atoms with Crippen LogP contribution in [0.2, 0.25) is 0 Å². The summed E-state index contributed by atoms with van der Waals surface area (Å²) in [6.07, 6.45) is 0. The molecule has 2 amide bonds. The van der Waals surface area contributed by atoms with Crippen LogP contribution in [0.4, 0.5) is 11.4 Å². The van der Waals surface area contributed by atoms with E-state index in [0.717, 1.165) is 16.4 Å². The first-order valence-electron chi connectivity index (χ1n) is 8.80. The molecule has 3 aromatic carbocycles. The molecule has 6 heteroatoms. The minimum absolute atomic E-state index is 0.127. The maximum atomic E-state index is 12.2. The van der Waals surface area contributed by atoms with Crippen LogP contribution in [0.1, 0.15) is 6.92 Å². The van der Waals surface area contributed by atoms with E-state index in [1.807, 2.05) is 36.4 Å². The Morgan fingerprint density at radius 2 is 1.57 bits per heavy atom. The monoisotopic (exact) mass is 374 g/mol. The highest BCUT2D eigenvalue weighted by molar-refractivity contribution is 6.06. The zero-order chi connectivity index (χ0) is 19.5. The summed E-state index contributed by atoms with van der Waals surface area (Å²) in [6, 6.07) is 20.2. The van der Waals surface area contributed by atoms with Crippen molar-refractivity contribution < 1.29 is 18.7 Å². The molecule has 6 nitrogen and oxygen atoms in total. The fourth-order valence-corrected chi connectivity index (χ4v) is 2.99. The quantitative estimate of drug-likeness (QED) is 0.536. The van der Waals surface area contributed by atoms with Crippen LogP contribution in [0, 0.1) is 0 Å². The molecule has 2 N–H and O–H groups in total. The molecule has 28 heavy (non-hydrogen) atoms. The zero-order valence-corrected chi connectivity index (χ0v) is 15.2. The summed E-state index contributed by atoms with van der Waals surface area (Å²) >= 11 is 0. The van der Waals surface area contributed by atoms with E-state index in [0.29, 0.717) is 22.7 Å². The molecule has 0 radical (unpaired) electrons. The molecule has 0 unspecified atom stereocenters. The molecule has 4 aromatic rings. The fraction of sp³-hybridized carbons (Fsp3) is 0.0909. The second-order valence-corrected chi connectivity index (χ2v) is 6.35. The van der Waals surface area contributed by atoms with Crippen molar-refractivity contribution in [3.63, 3.8) is 0 Å². The first-order valence-corrected chi connectivity index (χ1v) is 8.80. The summed E-state index contributed by atoms with van der Waals surface area (Å²) in [5.41, 5.74) is 2.84. The van der Waals surface area contributed by atoms with Gasteiger partial charge in [0.1, 0.15) is 16.9 Å². The van der Waals surface area contributed by atoms with Crippen molar-refractivity contribution in [3.05, 3.63) is 66.7 Å². The second-order valence-electron chi connectivity index (χ2n) is 6.35. The second kappa shape index (κ2) is 7.44. The smallest absolute Gasteiger partial charge is 0.262 e. The average Bonchev–Trinajstić information content (AvgIpc) is 3.05. The van der Waals surface area contributed by atoms with Crippen LogP contribution in [-0.2, 0) is 9.59 Å². The Morgan fingerprint density at radius 3 is 2.36 bits per heavy atom. The topological polar surface area (TPSA) is 80.6 Å². The van der Waals surface area contributed by atoms with Gasteiger partial charge in [0.05, 0.1) is 0 Å². The number of nitrogens with one attached hydrogen (secondary N) is 2. The molecule has 4 rings (SSSR count). The summed E-state index contributed by atoms with van der Waals surface area (Å²) in [5.74, 6) is 0.118. The number of hydrogen-bond acceptors (Lipinski definition) is 4. The van der Waals surface area contributed by atoms with Gasteiger partial charge in [-0.25, -0.2) is 0 Å².